The minimum absolute atomic E-state index is 0.0281. The zero-order chi connectivity index (χ0) is 18.5. The molecule has 4 nitrogen and oxygen atoms in total. The topological polar surface area (TPSA) is 55.8 Å². The third-order valence-electron chi connectivity index (χ3n) is 7.73. The first kappa shape index (κ1) is 17.7. The molecule has 0 bridgehead atoms. The first-order chi connectivity index (χ1) is 12.5. The van der Waals surface area contributed by atoms with Crippen molar-refractivity contribution in [3.8, 4) is 5.75 Å². The normalized spacial score (nSPS) is 38.0. The van der Waals surface area contributed by atoms with Gasteiger partial charge in [0.15, 0.2) is 0 Å². The summed E-state index contributed by atoms with van der Waals surface area (Å²) in [6.45, 7) is 4.62. The van der Waals surface area contributed by atoms with Gasteiger partial charge in [-0.15, -0.1) is 0 Å². The van der Waals surface area contributed by atoms with Gasteiger partial charge in [0, 0.05) is 5.41 Å². The van der Waals surface area contributed by atoms with E-state index in [0.717, 1.165) is 38.5 Å². The lowest BCUT2D eigenvalue weighted by Crippen LogP contribution is -2.48. The van der Waals surface area contributed by atoms with Gasteiger partial charge < -0.3 is 14.6 Å². The molecule has 3 aliphatic rings. The van der Waals surface area contributed by atoms with Crippen LogP contribution < -0.4 is 0 Å². The number of hydrogen-bond acceptors (Lipinski definition) is 4. The summed E-state index contributed by atoms with van der Waals surface area (Å²) in [6.07, 6.45) is 5.92. The molecular weight excluding hydrogens is 328 g/mol. The molecule has 0 saturated heterocycles. The van der Waals surface area contributed by atoms with Crippen LogP contribution in [-0.4, -0.2) is 24.5 Å². The Kier molecular flexibility index (Phi) is 4.40. The standard InChI is InChI=1S/C22H30O4/c1-4-13-11-14-12-15(23)5-6-16(14)17-9-10-22(2)18(20(13)17)7-8-19(22)26-21(24)25-3/h5-6,12-13,17-20,23H,4,7-11H2,1-3H3/t13-,17?,18?,19+,20?,22+/m1/s1. The van der Waals surface area contributed by atoms with Crippen LogP contribution in [0.15, 0.2) is 18.2 Å². The van der Waals surface area contributed by atoms with E-state index < -0.39 is 6.16 Å². The number of methoxy groups -OCH3 is 1. The van der Waals surface area contributed by atoms with Crippen LogP contribution in [0.2, 0.25) is 0 Å². The predicted octanol–water partition coefficient (Wildman–Crippen LogP) is 5.04. The molecule has 0 amide bonds. The predicted molar refractivity (Wildman–Crippen MR) is 99.2 cm³/mol. The molecule has 4 rings (SSSR count). The van der Waals surface area contributed by atoms with E-state index in [0.29, 0.717) is 29.4 Å². The van der Waals surface area contributed by atoms with E-state index in [1.165, 1.54) is 18.2 Å². The zero-order valence-electron chi connectivity index (χ0n) is 16.0. The quantitative estimate of drug-likeness (QED) is 0.753. The van der Waals surface area contributed by atoms with Crippen molar-refractivity contribution in [1.82, 2.24) is 0 Å². The second-order valence-corrected chi connectivity index (χ2v) is 8.73. The van der Waals surface area contributed by atoms with Crippen molar-refractivity contribution in [2.45, 2.75) is 64.4 Å². The van der Waals surface area contributed by atoms with Gasteiger partial charge >= 0.3 is 6.16 Å². The van der Waals surface area contributed by atoms with Gasteiger partial charge in [-0.1, -0.05) is 26.3 Å². The third kappa shape index (κ3) is 2.60. The van der Waals surface area contributed by atoms with Crippen LogP contribution in [0, 0.1) is 23.2 Å². The molecule has 4 heteroatoms. The summed E-state index contributed by atoms with van der Waals surface area (Å²) < 4.78 is 10.4. The molecule has 1 aromatic rings. The van der Waals surface area contributed by atoms with Gasteiger partial charge in [-0.3, -0.25) is 0 Å². The summed E-state index contributed by atoms with van der Waals surface area (Å²) in [7, 11) is 1.38. The summed E-state index contributed by atoms with van der Waals surface area (Å²) in [4.78, 5) is 11.7. The molecule has 1 N–H and O–H groups in total. The number of hydrogen-bond donors (Lipinski definition) is 1. The zero-order valence-corrected chi connectivity index (χ0v) is 16.0. The van der Waals surface area contributed by atoms with Crippen LogP contribution in [0.5, 0.6) is 5.75 Å². The number of rotatable bonds is 2. The maximum absolute atomic E-state index is 11.7. The van der Waals surface area contributed by atoms with Crippen LogP contribution in [0.25, 0.3) is 0 Å². The number of phenols is 1. The fraction of sp³-hybridized carbons (Fsp3) is 0.682. The molecule has 2 saturated carbocycles. The molecule has 1 aromatic carbocycles. The number of aromatic hydroxyl groups is 1. The SMILES string of the molecule is CC[C@@H]1Cc2cc(O)ccc2C2CC[C@@]3(C)C(CC[C@@H]3OC(=O)OC)C21. The first-order valence-electron chi connectivity index (χ1n) is 10.0. The summed E-state index contributed by atoms with van der Waals surface area (Å²) in [5.41, 5.74) is 2.83. The second-order valence-electron chi connectivity index (χ2n) is 8.73. The van der Waals surface area contributed by atoms with Crippen molar-refractivity contribution in [2.24, 2.45) is 23.2 Å². The fourth-order valence-corrected chi connectivity index (χ4v) is 6.49. The Bertz CT molecular complexity index is 699. The monoisotopic (exact) mass is 358 g/mol. The smallest absolute Gasteiger partial charge is 0.508 e. The van der Waals surface area contributed by atoms with E-state index in [2.05, 4.69) is 19.9 Å². The summed E-state index contributed by atoms with van der Waals surface area (Å²) >= 11 is 0. The average Bonchev–Trinajstić information content (AvgIpc) is 2.96. The molecule has 2 fully saturated rings. The van der Waals surface area contributed by atoms with E-state index in [4.69, 9.17) is 9.47 Å². The molecular formula is C22H30O4. The van der Waals surface area contributed by atoms with E-state index >= 15 is 0 Å². The largest absolute Gasteiger partial charge is 0.508 e. The highest BCUT2D eigenvalue weighted by molar-refractivity contribution is 5.60. The summed E-state index contributed by atoms with van der Waals surface area (Å²) in [5, 5.41) is 9.92. The van der Waals surface area contributed by atoms with Crippen LogP contribution in [-0.2, 0) is 15.9 Å². The second kappa shape index (κ2) is 6.47. The van der Waals surface area contributed by atoms with Crippen LogP contribution in [0.3, 0.4) is 0 Å². The number of phenolic OH excluding ortho intramolecular Hbond substituents is 1. The number of fused-ring (bicyclic) bond motifs is 5. The van der Waals surface area contributed by atoms with Crippen molar-refractivity contribution in [3.63, 3.8) is 0 Å². The van der Waals surface area contributed by atoms with Gasteiger partial charge in [0.05, 0.1) is 7.11 Å². The number of ether oxygens (including phenoxy) is 2. The van der Waals surface area contributed by atoms with Gasteiger partial charge in [-0.05, 0) is 79.0 Å². The van der Waals surface area contributed by atoms with Crippen molar-refractivity contribution < 1.29 is 19.4 Å². The Labute approximate surface area is 155 Å². The highest BCUT2D eigenvalue weighted by Crippen LogP contribution is 2.63. The van der Waals surface area contributed by atoms with Gasteiger partial charge in [-0.2, -0.15) is 0 Å². The average molecular weight is 358 g/mol. The first-order valence-corrected chi connectivity index (χ1v) is 10.0. The van der Waals surface area contributed by atoms with Crippen molar-refractivity contribution in [3.05, 3.63) is 29.3 Å². The maximum atomic E-state index is 11.7. The van der Waals surface area contributed by atoms with Gasteiger partial charge in [0.2, 0.25) is 0 Å². The van der Waals surface area contributed by atoms with Gasteiger partial charge in [0.1, 0.15) is 11.9 Å². The summed E-state index contributed by atoms with van der Waals surface area (Å²) in [6, 6.07) is 5.96. The van der Waals surface area contributed by atoms with Crippen LogP contribution in [0.1, 0.15) is 63.0 Å². The van der Waals surface area contributed by atoms with Crippen LogP contribution in [0.4, 0.5) is 4.79 Å². The molecule has 0 aliphatic heterocycles. The van der Waals surface area contributed by atoms with Gasteiger partial charge in [-0.25, -0.2) is 4.79 Å². The lowest BCUT2D eigenvalue weighted by atomic mass is 9.52. The Morgan fingerprint density at radius 2 is 2.12 bits per heavy atom. The van der Waals surface area contributed by atoms with Crippen molar-refractivity contribution in [2.75, 3.05) is 7.11 Å². The molecule has 6 atom stereocenters. The minimum atomic E-state index is -0.546. The third-order valence-corrected chi connectivity index (χ3v) is 7.73. The van der Waals surface area contributed by atoms with E-state index in [-0.39, 0.29) is 11.5 Å². The highest BCUT2D eigenvalue weighted by Gasteiger charge is 2.58. The Morgan fingerprint density at radius 1 is 1.31 bits per heavy atom. The number of benzene rings is 1. The Hall–Kier alpha value is -1.71. The Balaban J connectivity index is 1.67. The molecule has 26 heavy (non-hydrogen) atoms. The van der Waals surface area contributed by atoms with E-state index in [1.807, 2.05) is 12.1 Å². The van der Waals surface area contributed by atoms with Crippen molar-refractivity contribution >= 4 is 6.16 Å². The minimum Gasteiger partial charge on any atom is -0.508 e. The number of carbonyl (C=O) groups is 1. The van der Waals surface area contributed by atoms with Crippen molar-refractivity contribution in [1.29, 1.82) is 0 Å². The molecule has 3 aliphatic carbocycles. The summed E-state index contributed by atoms with van der Waals surface area (Å²) in [5.74, 6) is 2.81. The molecule has 0 radical (unpaired) electrons. The fourth-order valence-electron chi connectivity index (χ4n) is 6.49. The molecule has 0 aromatic heterocycles. The highest BCUT2D eigenvalue weighted by atomic mass is 16.7. The van der Waals surface area contributed by atoms with E-state index in [9.17, 15) is 9.90 Å². The Morgan fingerprint density at radius 3 is 2.85 bits per heavy atom. The lowest BCUT2D eigenvalue weighted by Gasteiger charge is -2.53. The van der Waals surface area contributed by atoms with Crippen LogP contribution >= 0.6 is 0 Å². The van der Waals surface area contributed by atoms with E-state index in [1.54, 1.807) is 0 Å². The number of carbonyl (C=O) groups excluding carboxylic acids is 1. The molecule has 3 unspecified atom stereocenters. The maximum Gasteiger partial charge on any atom is 0.508 e. The molecule has 0 spiro atoms. The molecule has 0 heterocycles. The lowest BCUT2D eigenvalue weighted by molar-refractivity contribution is -0.0599. The molecule has 142 valence electrons. The van der Waals surface area contributed by atoms with Gasteiger partial charge in [0.25, 0.3) is 0 Å².